The molecule has 0 heterocycles. The van der Waals surface area contributed by atoms with Gasteiger partial charge in [0.15, 0.2) is 0 Å². The Kier molecular flexibility index (Phi) is 7.19. The lowest BCUT2D eigenvalue weighted by molar-refractivity contribution is 0.381. The van der Waals surface area contributed by atoms with Crippen molar-refractivity contribution < 1.29 is 8.78 Å². The Balaban J connectivity index is 1.77. The van der Waals surface area contributed by atoms with Crippen molar-refractivity contribution in [3.63, 3.8) is 0 Å². The van der Waals surface area contributed by atoms with Gasteiger partial charge in [0.1, 0.15) is 5.82 Å². The largest absolute Gasteiger partial charge is 0.250 e. The van der Waals surface area contributed by atoms with Gasteiger partial charge in [0.05, 0.1) is 6.67 Å². The van der Waals surface area contributed by atoms with Gasteiger partial charge in [-0.1, -0.05) is 92.9 Å². The van der Waals surface area contributed by atoms with E-state index in [2.05, 4.69) is 13.8 Å². The van der Waals surface area contributed by atoms with Crippen LogP contribution in [0, 0.1) is 18.7 Å². The summed E-state index contributed by atoms with van der Waals surface area (Å²) in [5, 5.41) is 0. The number of halogens is 2. The van der Waals surface area contributed by atoms with E-state index in [4.69, 9.17) is 0 Å². The third-order valence-electron chi connectivity index (χ3n) is 5.94. The highest BCUT2D eigenvalue weighted by atomic mass is 19.1. The maximum absolute atomic E-state index is 14.8. The highest BCUT2D eigenvalue weighted by Crippen LogP contribution is 2.31. The van der Waals surface area contributed by atoms with Crippen molar-refractivity contribution >= 4 is 0 Å². The summed E-state index contributed by atoms with van der Waals surface area (Å²) in [6.07, 6.45) is 3.00. The second kappa shape index (κ2) is 9.82. The van der Waals surface area contributed by atoms with Gasteiger partial charge in [0.2, 0.25) is 0 Å². The molecule has 0 saturated heterocycles. The number of aryl methyl sites for hydroxylation is 1. The van der Waals surface area contributed by atoms with Crippen LogP contribution < -0.4 is 0 Å². The topological polar surface area (TPSA) is 0 Å². The first-order valence-electron chi connectivity index (χ1n) is 10.5. The molecule has 0 aliphatic carbocycles. The van der Waals surface area contributed by atoms with Gasteiger partial charge in [-0.15, -0.1) is 0 Å². The summed E-state index contributed by atoms with van der Waals surface area (Å²) >= 11 is 0. The predicted octanol–water partition coefficient (Wildman–Crippen LogP) is 8.35. The van der Waals surface area contributed by atoms with Crippen LogP contribution in [0.15, 0.2) is 66.7 Å². The Morgan fingerprint density at radius 1 is 0.793 bits per heavy atom. The van der Waals surface area contributed by atoms with Gasteiger partial charge >= 0.3 is 0 Å². The fourth-order valence-electron chi connectivity index (χ4n) is 3.63. The van der Waals surface area contributed by atoms with Gasteiger partial charge in [-0.25, -0.2) is 4.39 Å². The van der Waals surface area contributed by atoms with Crippen LogP contribution in [0.3, 0.4) is 0 Å². The van der Waals surface area contributed by atoms with Gasteiger partial charge in [-0.2, -0.15) is 0 Å². The lowest BCUT2D eigenvalue weighted by Gasteiger charge is -2.17. The summed E-state index contributed by atoms with van der Waals surface area (Å²) in [4.78, 5) is 0. The lowest BCUT2D eigenvalue weighted by Crippen LogP contribution is -2.04. The van der Waals surface area contributed by atoms with Crippen LogP contribution in [-0.2, 0) is 0 Å². The summed E-state index contributed by atoms with van der Waals surface area (Å²) in [6, 6.07) is 21.2. The normalized spacial score (nSPS) is 13.3. The maximum Gasteiger partial charge on any atom is 0.131 e. The van der Waals surface area contributed by atoms with Crippen molar-refractivity contribution in [3.8, 4) is 22.3 Å². The second-order valence-corrected chi connectivity index (χ2v) is 8.12. The third-order valence-corrected chi connectivity index (χ3v) is 5.94. The molecule has 0 saturated carbocycles. The molecular formula is C27H30F2. The second-order valence-electron chi connectivity index (χ2n) is 8.12. The van der Waals surface area contributed by atoms with Crippen LogP contribution in [0.25, 0.3) is 22.3 Å². The van der Waals surface area contributed by atoms with Crippen LogP contribution in [0.5, 0.6) is 0 Å². The zero-order valence-electron chi connectivity index (χ0n) is 17.6. The maximum atomic E-state index is 14.8. The monoisotopic (exact) mass is 392 g/mol. The number of rotatable bonds is 8. The molecule has 3 rings (SSSR count). The molecule has 0 bridgehead atoms. The molecule has 0 radical (unpaired) electrons. The molecule has 2 unspecified atom stereocenters. The van der Waals surface area contributed by atoms with Gasteiger partial charge < -0.3 is 0 Å². The molecule has 0 N–H and O–H groups in total. The number of benzene rings is 3. The zero-order valence-corrected chi connectivity index (χ0v) is 17.6. The Hall–Kier alpha value is -2.48. The quantitative estimate of drug-likeness (QED) is 0.361. The van der Waals surface area contributed by atoms with E-state index in [9.17, 15) is 8.78 Å². The summed E-state index contributed by atoms with van der Waals surface area (Å²) in [7, 11) is 0. The van der Waals surface area contributed by atoms with Crippen LogP contribution in [-0.4, -0.2) is 6.67 Å². The number of hydrogen-bond acceptors (Lipinski definition) is 0. The Morgan fingerprint density at radius 3 is 2.00 bits per heavy atom. The van der Waals surface area contributed by atoms with E-state index in [1.165, 1.54) is 5.56 Å². The molecule has 0 spiro atoms. The Labute approximate surface area is 173 Å². The van der Waals surface area contributed by atoms with E-state index in [-0.39, 0.29) is 18.4 Å². The minimum atomic E-state index is -0.352. The highest BCUT2D eigenvalue weighted by molar-refractivity contribution is 5.71. The molecule has 3 aromatic carbocycles. The summed E-state index contributed by atoms with van der Waals surface area (Å²) in [5.74, 6) is 0.297. The average Bonchev–Trinajstić information content (AvgIpc) is 2.75. The van der Waals surface area contributed by atoms with Crippen molar-refractivity contribution in [1.82, 2.24) is 0 Å². The van der Waals surface area contributed by atoms with Crippen molar-refractivity contribution in [2.45, 2.75) is 46.0 Å². The van der Waals surface area contributed by atoms with Gasteiger partial charge in [-0.05, 0) is 47.6 Å². The molecular weight excluding hydrogens is 362 g/mol. The predicted molar refractivity (Wildman–Crippen MR) is 119 cm³/mol. The van der Waals surface area contributed by atoms with Gasteiger partial charge in [0, 0.05) is 11.5 Å². The number of alkyl halides is 1. The van der Waals surface area contributed by atoms with E-state index in [0.29, 0.717) is 11.5 Å². The van der Waals surface area contributed by atoms with Gasteiger partial charge in [-0.3, -0.25) is 4.39 Å². The van der Waals surface area contributed by atoms with E-state index >= 15 is 0 Å². The molecule has 2 atom stereocenters. The molecule has 152 valence electrons. The standard InChI is InChI=1S/C27H30F2/c1-4-19(2)5-10-25(18-28)22-11-13-23(14-12-22)26-16-15-24(17-27(26)29)21-8-6-20(3)7-9-21/h6-9,11-17,19,25H,4-5,10,18H2,1-3H3. The van der Waals surface area contributed by atoms with Crippen LogP contribution in [0.2, 0.25) is 0 Å². The van der Waals surface area contributed by atoms with Crippen molar-refractivity contribution in [1.29, 1.82) is 0 Å². The van der Waals surface area contributed by atoms with E-state index in [1.807, 2.05) is 67.6 Å². The first-order chi connectivity index (χ1) is 14.0. The fraction of sp³-hybridized carbons (Fsp3) is 0.333. The Bertz CT molecular complexity index is 910. The SMILES string of the molecule is CCC(C)CCC(CF)c1ccc(-c2ccc(-c3ccc(C)cc3)cc2F)cc1. The first kappa shape index (κ1) is 21.2. The minimum Gasteiger partial charge on any atom is -0.250 e. The van der Waals surface area contributed by atoms with Crippen molar-refractivity contribution in [3.05, 3.63) is 83.7 Å². The molecule has 0 fully saturated rings. The molecule has 2 heteroatoms. The molecule has 0 aliphatic heterocycles. The summed E-state index contributed by atoms with van der Waals surface area (Å²) < 4.78 is 28.4. The molecule has 0 amide bonds. The fourth-order valence-corrected chi connectivity index (χ4v) is 3.63. The summed E-state index contributed by atoms with van der Waals surface area (Å²) in [5.41, 5.74) is 5.44. The van der Waals surface area contributed by atoms with Gasteiger partial charge in [0.25, 0.3) is 0 Å². The highest BCUT2D eigenvalue weighted by Gasteiger charge is 2.14. The van der Waals surface area contributed by atoms with Crippen molar-refractivity contribution in [2.24, 2.45) is 5.92 Å². The third kappa shape index (κ3) is 5.32. The van der Waals surface area contributed by atoms with Crippen LogP contribution in [0.4, 0.5) is 8.78 Å². The number of hydrogen-bond donors (Lipinski definition) is 0. The van der Waals surface area contributed by atoms with Crippen LogP contribution in [0.1, 0.15) is 50.2 Å². The molecule has 29 heavy (non-hydrogen) atoms. The zero-order chi connectivity index (χ0) is 20.8. The van der Waals surface area contributed by atoms with Crippen molar-refractivity contribution in [2.75, 3.05) is 6.67 Å². The lowest BCUT2D eigenvalue weighted by atomic mass is 9.90. The molecule has 3 aromatic rings. The van der Waals surface area contributed by atoms with E-state index < -0.39 is 0 Å². The average molecular weight is 393 g/mol. The molecule has 0 nitrogen and oxygen atoms in total. The molecule has 0 aromatic heterocycles. The smallest absolute Gasteiger partial charge is 0.131 e. The first-order valence-corrected chi connectivity index (χ1v) is 10.5. The minimum absolute atomic E-state index is 0.0770. The summed E-state index contributed by atoms with van der Waals surface area (Å²) in [6.45, 7) is 6.06. The Morgan fingerprint density at radius 2 is 1.41 bits per heavy atom. The molecule has 0 aliphatic rings. The van der Waals surface area contributed by atoms with E-state index in [1.54, 1.807) is 6.07 Å². The van der Waals surface area contributed by atoms with Crippen LogP contribution >= 0.6 is 0 Å². The van der Waals surface area contributed by atoms with E-state index in [0.717, 1.165) is 41.5 Å².